The predicted octanol–water partition coefficient (Wildman–Crippen LogP) is 1.85. The molecule has 1 unspecified atom stereocenters. The minimum Gasteiger partial charge on any atom is -0.355 e. The molecule has 1 aliphatic rings. The largest absolute Gasteiger partial charge is 0.355 e. The first-order chi connectivity index (χ1) is 10.7. The molecule has 0 radical (unpaired) electrons. The fourth-order valence-corrected chi connectivity index (χ4v) is 3.26. The Morgan fingerprint density at radius 1 is 1.41 bits per heavy atom. The molecule has 5 nitrogen and oxygen atoms in total. The molecular weight excluding hydrogens is 298 g/mol. The van der Waals surface area contributed by atoms with Crippen molar-refractivity contribution in [3.63, 3.8) is 0 Å². The summed E-state index contributed by atoms with van der Waals surface area (Å²) in [5.74, 6) is -0.348. The lowest BCUT2D eigenvalue weighted by atomic mass is 10.1. The number of anilines is 1. The van der Waals surface area contributed by atoms with Gasteiger partial charge in [0.15, 0.2) is 0 Å². The lowest BCUT2D eigenvalue weighted by Crippen LogP contribution is -2.34. The summed E-state index contributed by atoms with van der Waals surface area (Å²) in [6.07, 6.45) is 4.41. The van der Waals surface area contributed by atoms with Crippen LogP contribution in [-0.4, -0.2) is 29.9 Å². The predicted molar refractivity (Wildman–Crippen MR) is 85.7 cm³/mol. The molecule has 22 heavy (non-hydrogen) atoms. The summed E-state index contributed by atoms with van der Waals surface area (Å²) in [5, 5.41) is 4.96. The van der Waals surface area contributed by atoms with Crippen LogP contribution in [0.4, 0.5) is 5.69 Å². The van der Waals surface area contributed by atoms with E-state index in [1.165, 1.54) is 4.88 Å². The second-order valence-corrected chi connectivity index (χ2v) is 6.27. The summed E-state index contributed by atoms with van der Waals surface area (Å²) >= 11 is 1.68. The van der Waals surface area contributed by atoms with Gasteiger partial charge in [0.2, 0.25) is 11.8 Å². The topological polar surface area (TPSA) is 62.3 Å². The van der Waals surface area contributed by atoms with E-state index in [9.17, 15) is 9.59 Å². The van der Waals surface area contributed by atoms with E-state index in [0.717, 1.165) is 12.1 Å². The van der Waals surface area contributed by atoms with Crippen LogP contribution in [-0.2, 0) is 16.0 Å². The van der Waals surface area contributed by atoms with Gasteiger partial charge in [-0.3, -0.25) is 14.6 Å². The first-order valence-electron chi connectivity index (χ1n) is 7.24. The normalized spacial score (nSPS) is 17.7. The Labute approximate surface area is 133 Å². The highest BCUT2D eigenvalue weighted by Crippen LogP contribution is 2.24. The summed E-state index contributed by atoms with van der Waals surface area (Å²) in [6, 6.07) is 7.68. The number of thiophene rings is 1. The molecule has 2 aromatic heterocycles. The van der Waals surface area contributed by atoms with Crippen molar-refractivity contribution in [2.75, 3.05) is 18.0 Å². The maximum absolute atomic E-state index is 12.2. The van der Waals surface area contributed by atoms with Gasteiger partial charge in [-0.2, -0.15) is 0 Å². The Morgan fingerprint density at radius 3 is 3.05 bits per heavy atom. The number of hydrogen-bond donors (Lipinski definition) is 1. The van der Waals surface area contributed by atoms with Gasteiger partial charge >= 0.3 is 0 Å². The average molecular weight is 315 g/mol. The van der Waals surface area contributed by atoms with E-state index in [-0.39, 0.29) is 24.2 Å². The Hall–Kier alpha value is -2.21. The van der Waals surface area contributed by atoms with Crippen LogP contribution in [0.25, 0.3) is 0 Å². The van der Waals surface area contributed by atoms with Crippen molar-refractivity contribution in [1.29, 1.82) is 0 Å². The number of carbonyl (C=O) groups excluding carboxylic acids is 2. The zero-order valence-electron chi connectivity index (χ0n) is 12.1. The standard InChI is InChI=1S/C16H17N3O2S/c20-15-9-12(11-19(15)13-3-1-6-17-10-13)16(21)18-7-5-14-4-2-8-22-14/h1-4,6,8,10,12H,5,7,9,11H2,(H,18,21). The van der Waals surface area contributed by atoms with E-state index in [4.69, 9.17) is 0 Å². The first kappa shape index (κ1) is 14.7. The van der Waals surface area contributed by atoms with Gasteiger partial charge < -0.3 is 10.2 Å². The molecule has 114 valence electrons. The van der Waals surface area contributed by atoms with Gasteiger partial charge in [-0.25, -0.2) is 0 Å². The summed E-state index contributed by atoms with van der Waals surface area (Å²) in [5.41, 5.74) is 0.751. The molecule has 2 amide bonds. The third-order valence-electron chi connectivity index (χ3n) is 3.70. The zero-order chi connectivity index (χ0) is 15.4. The molecule has 0 aromatic carbocycles. The van der Waals surface area contributed by atoms with E-state index in [2.05, 4.69) is 16.4 Å². The highest BCUT2D eigenvalue weighted by molar-refractivity contribution is 7.09. The summed E-state index contributed by atoms with van der Waals surface area (Å²) in [6.45, 7) is 1.03. The van der Waals surface area contributed by atoms with E-state index in [1.54, 1.807) is 34.7 Å². The Kier molecular flexibility index (Phi) is 4.48. The molecule has 2 aromatic rings. The van der Waals surface area contributed by atoms with Gasteiger partial charge in [0.25, 0.3) is 0 Å². The molecule has 6 heteroatoms. The fourth-order valence-electron chi connectivity index (χ4n) is 2.55. The molecule has 1 N–H and O–H groups in total. The summed E-state index contributed by atoms with van der Waals surface area (Å²) < 4.78 is 0. The van der Waals surface area contributed by atoms with Crippen molar-refractivity contribution in [1.82, 2.24) is 10.3 Å². The van der Waals surface area contributed by atoms with Crippen LogP contribution in [0.15, 0.2) is 42.0 Å². The highest BCUT2D eigenvalue weighted by Gasteiger charge is 2.34. The molecule has 1 aliphatic heterocycles. The first-order valence-corrected chi connectivity index (χ1v) is 8.12. The van der Waals surface area contributed by atoms with E-state index >= 15 is 0 Å². The number of nitrogens with one attached hydrogen (secondary N) is 1. The lowest BCUT2D eigenvalue weighted by Gasteiger charge is -2.16. The Balaban J connectivity index is 1.53. The van der Waals surface area contributed by atoms with Crippen LogP contribution in [0.2, 0.25) is 0 Å². The lowest BCUT2D eigenvalue weighted by molar-refractivity contribution is -0.126. The maximum atomic E-state index is 12.2. The molecule has 1 saturated heterocycles. The van der Waals surface area contributed by atoms with Gasteiger partial charge in [0, 0.05) is 30.6 Å². The number of amides is 2. The minimum atomic E-state index is -0.281. The maximum Gasteiger partial charge on any atom is 0.227 e. The third kappa shape index (κ3) is 3.33. The van der Waals surface area contributed by atoms with Gasteiger partial charge in [-0.1, -0.05) is 6.07 Å². The quantitative estimate of drug-likeness (QED) is 0.916. The van der Waals surface area contributed by atoms with E-state index in [0.29, 0.717) is 13.1 Å². The van der Waals surface area contributed by atoms with Crippen molar-refractivity contribution in [2.24, 2.45) is 5.92 Å². The van der Waals surface area contributed by atoms with Crippen LogP contribution >= 0.6 is 11.3 Å². The van der Waals surface area contributed by atoms with Crippen LogP contribution in [0.1, 0.15) is 11.3 Å². The second kappa shape index (κ2) is 6.70. The van der Waals surface area contributed by atoms with Crippen molar-refractivity contribution >= 4 is 28.8 Å². The monoisotopic (exact) mass is 315 g/mol. The van der Waals surface area contributed by atoms with Gasteiger partial charge in [-0.15, -0.1) is 11.3 Å². The van der Waals surface area contributed by atoms with Crippen molar-refractivity contribution < 1.29 is 9.59 Å². The molecule has 3 rings (SSSR count). The molecule has 0 saturated carbocycles. The van der Waals surface area contributed by atoms with Gasteiger partial charge in [0.05, 0.1) is 17.8 Å². The molecule has 0 aliphatic carbocycles. The number of carbonyl (C=O) groups is 2. The van der Waals surface area contributed by atoms with Crippen LogP contribution < -0.4 is 10.2 Å². The second-order valence-electron chi connectivity index (χ2n) is 5.24. The van der Waals surface area contributed by atoms with E-state index < -0.39 is 0 Å². The average Bonchev–Trinajstić information content (AvgIpc) is 3.17. The van der Waals surface area contributed by atoms with Crippen molar-refractivity contribution in [2.45, 2.75) is 12.8 Å². The van der Waals surface area contributed by atoms with Crippen molar-refractivity contribution in [3.05, 3.63) is 46.9 Å². The van der Waals surface area contributed by atoms with Crippen molar-refractivity contribution in [3.8, 4) is 0 Å². The Bertz CT molecular complexity index is 643. The SMILES string of the molecule is O=C(NCCc1cccs1)C1CC(=O)N(c2cccnc2)C1. The number of nitrogens with zero attached hydrogens (tertiary/aromatic N) is 2. The zero-order valence-corrected chi connectivity index (χ0v) is 12.9. The smallest absolute Gasteiger partial charge is 0.227 e. The van der Waals surface area contributed by atoms with Gasteiger partial charge in [-0.05, 0) is 30.0 Å². The summed E-state index contributed by atoms with van der Waals surface area (Å²) in [7, 11) is 0. The minimum absolute atomic E-state index is 0.0218. The Morgan fingerprint density at radius 2 is 2.32 bits per heavy atom. The van der Waals surface area contributed by atoms with Gasteiger partial charge in [0.1, 0.15) is 0 Å². The number of aromatic nitrogens is 1. The molecule has 1 atom stereocenters. The highest BCUT2D eigenvalue weighted by atomic mass is 32.1. The van der Waals surface area contributed by atoms with Crippen LogP contribution in [0.3, 0.4) is 0 Å². The molecule has 0 spiro atoms. The number of hydrogen-bond acceptors (Lipinski definition) is 4. The number of rotatable bonds is 5. The van der Waals surface area contributed by atoms with Crippen LogP contribution in [0, 0.1) is 5.92 Å². The molecule has 1 fully saturated rings. The molecular formula is C16H17N3O2S. The third-order valence-corrected chi connectivity index (χ3v) is 4.64. The van der Waals surface area contributed by atoms with E-state index in [1.807, 2.05) is 17.5 Å². The molecule has 0 bridgehead atoms. The summed E-state index contributed by atoms with van der Waals surface area (Å²) in [4.78, 5) is 31.2. The number of pyridine rings is 1. The molecule has 3 heterocycles. The van der Waals surface area contributed by atoms with Crippen LogP contribution in [0.5, 0.6) is 0 Å². The fraction of sp³-hybridized carbons (Fsp3) is 0.312.